The summed E-state index contributed by atoms with van der Waals surface area (Å²) in [7, 11) is 1.36. The number of nitrogens with one attached hydrogen (secondary N) is 1. The molecular weight excluding hydrogens is 250 g/mol. The molecule has 0 saturated heterocycles. The van der Waals surface area contributed by atoms with Gasteiger partial charge < -0.3 is 10.1 Å². The van der Waals surface area contributed by atoms with Gasteiger partial charge in [-0.05, 0) is 24.1 Å². The second-order valence-corrected chi connectivity index (χ2v) is 4.71. The van der Waals surface area contributed by atoms with Crippen LogP contribution >= 0.6 is 11.3 Å². The first-order valence-corrected chi connectivity index (χ1v) is 6.20. The van der Waals surface area contributed by atoms with Crippen molar-refractivity contribution in [2.45, 2.75) is 13.5 Å². The van der Waals surface area contributed by atoms with Crippen LogP contribution in [-0.4, -0.2) is 23.0 Å². The SMILES string of the molecule is COC(=O)c1cnc(NCc2cnccc2C)s1. The molecule has 0 aliphatic carbocycles. The zero-order chi connectivity index (χ0) is 13.0. The van der Waals surface area contributed by atoms with E-state index in [0.717, 1.165) is 5.56 Å². The third-order valence-corrected chi connectivity index (χ3v) is 3.40. The molecule has 2 aromatic rings. The summed E-state index contributed by atoms with van der Waals surface area (Å²) in [5.41, 5.74) is 2.27. The van der Waals surface area contributed by atoms with Gasteiger partial charge in [-0.3, -0.25) is 4.98 Å². The fourth-order valence-corrected chi connectivity index (χ4v) is 2.13. The summed E-state index contributed by atoms with van der Waals surface area (Å²) in [6.07, 6.45) is 5.09. The Bertz CT molecular complexity index is 554. The minimum absolute atomic E-state index is 0.363. The summed E-state index contributed by atoms with van der Waals surface area (Å²) in [4.78, 5) is 19.9. The van der Waals surface area contributed by atoms with Gasteiger partial charge in [0.25, 0.3) is 0 Å². The number of hydrogen-bond acceptors (Lipinski definition) is 6. The van der Waals surface area contributed by atoms with Crippen molar-refractivity contribution in [3.05, 3.63) is 40.7 Å². The molecule has 0 aliphatic heterocycles. The highest BCUT2D eigenvalue weighted by Gasteiger charge is 2.10. The summed E-state index contributed by atoms with van der Waals surface area (Å²) >= 11 is 1.27. The summed E-state index contributed by atoms with van der Waals surface area (Å²) < 4.78 is 4.63. The number of aryl methyl sites for hydroxylation is 1. The fourth-order valence-electron chi connectivity index (χ4n) is 1.40. The first-order chi connectivity index (χ1) is 8.70. The molecule has 1 N–H and O–H groups in total. The number of anilines is 1. The van der Waals surface area contributed by atoms with Gasteiger partial charge >= 0.3 is 5.97 Å². The van der Waals surface area contributed by atoms with Crippen LogP contribution in [-0.2, 0) is 11.3 Å². The minimum atomic E-state index is -0.363. The molecule has 18 heavy (non-hydrogen) atoms. The Morgan fingerprint density at radius 3 is 3.06 bits per heavy atom. The molecule has 0 saturated carbocycles. The van der Waals surface area contributed by atoms with Crippen LogP contribution in [0.15, 0.2) is 24.7 Å². The highest BCUT2D eigenvalue weighted by Crippen LogP contribution is 2.19. The number of aromatic nitrogens is 2. The quantitative estimate of drug-likeness (QED) is 0.857. The van der Waals surface area contributed by atoms with Crippen LogP contribution in [0.2, 0.25) is 0 Å². The maximum Gasteiger partial charge on any atom is 0.349 e. The molecule has 0 aromatic carbocycles. The van der Waals surface area contributed by atoms with Crippen molar-refractivity contribution in [3.63, 3.8) is 0 Å². The molecule has 2 rings (SSSR count). The van der Waals surface area contributed by atoms with Gasteiger partial charge in [0.15, 0.2) is 5.13 Å². The van der Waals surface area contributed by atoms with Crippen molar-refractivity contribution >= 4 is 22.4 Å². The molecule has 0 aliphatic rings. The van der Waals surface area contributed by atoms with Crippen molar-refractivity contribution in [3.8, 4) is 0 Å². The zero-order valence-corrected chi connectivity index (χ0v) is 11.0. The first kappa shape index (κ1) is 12.5. The van der Waals surface area contributed by atoms with Crippen molar-refractivity contribution in [1.82, 2.24) is 9.97 Å². The molecule has 0 spiro atoms. The van der Waals surface area contributed by atoms with Crippen molar-refractivity contribution < 1.29 is 9.53 Å². The Balaban J connectivity index is 2.01. The van der Waals surface area contributed by atoms with E-state index in [2.05, 4.69) is 20.0 Å². The Morgan fingerprint density at radius 2 is 2.33 bits per heavy atom. The monoisotopic (exact) mass is 263 g/mol. The molecule has 0 amide bonds. The summed E-state index contributed by atoms with van der Waals surface area (Å²) in [5, 5.41) is 3.85. The van der Waals surface area contributed by atoms with Gasteiger partial charge in [-0.2, -0.15) is 0 Å². The molecule has 2 aromatic heterocycles. The summed E-state index contributed by atoms with van der Waals surface area (Å²) in [6.45, 7) is 2.66. The maximum absolute atomic E-state index is 11.3. The lowest BCUT2D eigenvalue weighted by Crippen LogP contribution is -2.01. The van der Waals surface area contributed by atoms with E-state index in [-0.39, 0.29) is 5.97 Å². The zero-order valence-electron chi connectivity index (χ0n) is 10.1. The predicted molar refractivity (Wildman–Crippen MR) is 69.8 cm³/mol. The van der Waals surface area contributed by atoms with E-state index in [1.165, 1.54) is 30.2 Å². The van der Waals surface area contributed by atoms with Crippen LogP contribution < -0.4 is 5.32 Å². The van der Waals surface area contributed by atoms with E-state index in [0.29, 0.717) is 16.6 Å². The molecule has 0 bridgehead atoms. The molecule has 5 nitrogen and oxygen atoms in total. The third-order valence-electron chi connectivity index (χ3n) is 2.47. The number of methoxy groups -OCH3 is 1. The molecule has 6 heteroatoms. The number of nitrogens with zero attached hydrogens (tertiary/aromatic N) is 2. The van der Waals surface area contributed by atoms with Gasteiger partial charge in [-0.25, -0.2) is 9.78 Å². The number of carbonyl (C=O) groups excluding carboxylic acids is 1. The molecule has 0 unspecified atom stereocenters. The number of pyridine rings is 1. The third kappa shape index (κ3) is 2.84. The Labute approximate surface area is 109 Å². The largest absolute Gasteiger partial charge is 0.465 e. The second kappa shape index (κ2) is 5.59. The number of hydrogen-bond donors (Lipinski definition) is 1. The standard InChI is InChI=1S/C12H13N3O2S/c1-8-3-4-13-5-9(8)6-14-12-15-7-10(18-12)11(16)17-2/h3-5,7H,6H2,1-2H3,(H,14,15). The normalized spacial score (nSPS) is 10.1. The maximum atomic E-state index is 11.3. The molecular formula is C12H13N3O2S. The number of rotatable bonds is 4. The van der Waals surface area contributed by atoms with Crippen LogP contribution in [0.4, 0.5) is 5.13 Å². The number of esters is 1. The number of thiazole rings is 1. The van der Waals surface area contributed by atoms with Gasteiger partial charge in [0.1, 0.15) is 4.88 Å². The topological polar surface area (TPSA) is 64.1 Å². The van der Waals surface area contributed by atoms with Crippen LogP contribution in [0.1, 0.15) is 20.8 Å². The Hall–Kier alpha value is -1.95. The van der Waals surface area contributed by atoms with Gasteiger partial charge in [-0.1, -0.05) is 11.3 Å². The van der Waals surface area contributed by atoms with Crippen LogP contribution in [0.3, 0.4) is 0 Å². The molecule has 0 fully saturated rings. The fraction of sp³-hybridized carbons (Fsp3) is 0.250. The lowest BCUT2D eigenvalue weighted by molar-refractivity contribution is 0.0606. The average molecular weight is 263 g/mol. The highest BCUT2D eigenvalue weighted by atomic mass is 32.1. The summed E-state index contributed by atoms with van der Waals surface area (Å²) in [6, 6.07) is 1.96. The van der Waals surface area contributed by atoms with Gasteiger partial charge in [-0.15, -0.1) is 0 Å². The second-order valence-electron chi connectivity index (χ2n) is 3.68. The Kier molecular flexibility index (Phi) is 3.88. The van der Waals surface area contributed by atoms with Crippen LogP contribution in [0, 0.1) is 6.92 Å². The molecule has 0 radical (unpaired) electrons. The predicted octanol–water partition coefficient (Wildman–Crippen LogP) is 2.25. The molecule has 0 atom stereocenters. The van der Waals surface area contributed by atoms with Gasteiger partial charge in [0, 0.05) is 18.9 Å². The summed E-state index contributed by atoms with van der Waals surface area (Å²) in [5.74, 6) is -0.363. The van der Waals surface area contributed by atoms with E-state index < -0.39 is 0 Å². The van der Waals surface area contributed by atoms with Crippen molar-refractivity contribution in [1.29, 1.82) is 0 Å². The first-order valence-electron chi connectivity index (χ1n) is 5.38. The lowest BCUT2D eigenvalue weighted by Gasteiger charge is -2.05. The van der Waals surface area contributed by atoms with E-state index >= 15 is 0 Å². The van der Waals surface area contributed by atoms with Gasteiger partial charge in [0.2, 0.25) is 0 Å². The minimum Gasteiger partial charge on any atom is -0.465 e. The Morgan fingerprint density at radius 1 is 1.50 bits per heavy atom. The average Bonchev–Trinajstić information content (AvgIpc) is 2.86. The smallest absolute Gasteiger partial charge is 0.349 e. The molecule has 94 valence electrons. The van der Waals surface area contributed by atoms with E-state index in [4.69, 9.17) is 0 Å². The van der Waals surface area contributed by atoms with Crippen LogP contribution in [0.5, 0.6) is 0 Å². The van der Waals surface area contributed by atoms with Gasteiger partial charge in [0.05, 0.1) is 13.3 Å². The van der Waals surface area contributed by atoms with E-state index in [1.807, 2.05) is 19.2 Å². The molecule has 2 heterocycles. The van der Waals surface area contributed by atoms with E-state index in [9.17, 15) is 4.79 Å². The number of ether oxygens (including phenoxy) is 1. The van der Waals surface area contributed by atoms with Crippen molar-refractivity contribution in [2.24, 2.45) is 0 Å². The number of carbonyl (C=O) groups is 1. The van der Waals surface area contributed by atoms with E-state index in [1.54, 1.807) is 6.20 Å². The lowest BCUT2D eigenvalue weighted by atomic mass is 10.2. The van der Waals surface area contributed by atoms with Crippen LogP contribution in [0.25, 0.3) is 0 Å². The highest BCUT2D eigenvalue weighted by molar-refractivity contribution is 7.17. The van der Waals surface area contributed by atoms with Crippen molar-refractivity contribution in [2.75, 3.05) is 12.4 Å².